The molecule has 0 saturated carbocycles. The summed E-state index contributed by atoms with van der Waals surface area (Å²) in [5.41, 5.74) is 2.63. The predicted octanol–water partition coefficient (Wildman–Crippen LogP) is 4.30. The van der Waals surface area contributed by atoms with E-state index in [0.717, 1.165) is 27.0 Å². The zero-order valence-corrected chi connectivity index (χ0v) is 16.3. The first-order valence-electron chi connectivity index (χ1n) is 7.91. The van der Waals surface area contributed by atoms with Gasteiger partial charge in [-0.2, -0.15) is 0 Å². The molecule has 2 aromatic rings. The number of hydrogen-bond donors (Lipinski definition) is 0. The van der Waals surface area contributed by atoms with Gasteiger partial charge in [-0.3, -0.25) is 4.31 Å². The molecule has 0 aromatic heterocycles. The Labute approximate surface area is 151 Å². The van der Waals surface area contributed by atoms with Crippen LogP contribution in [0.3, 0.4) is 0 Å². The van der Waals surface area contributed by atoms with Gasteiger partial charge in [0.05, 0.1) is 17.2 Å². The molecule has 0 N–H and O–H groups in total. The lowest BCUT2D eigenvalue weighted by atomic mass is 10.1. The summed E-state index contributed by atoms with van der Waals surface area (Å²) in [7, 11) is -3.61. The summed E-state index contributed by atoms with van der Waals surface area (Å²) in [5.74, 6) is 0.718. The number of nitrogens with zero attached hydrogens (tertiary/aromatic N) is 1. The lowest BCUT2D eigenvalue weighted by Crippen LogP contribution is -2.35. The highest BCUT2D eigenvalue weighted by atomic mass is 79.9. The van der Waals surface area contributed by atoms with Gasteiger partial charge in [-0.05, 0) is 74.7 Å². The molecule has 4 nitrogen and oxygen atoms in total. The highest BCUT2D eigenvalue weighted by Gasteiger charge is 2.36. The van der Waals surface area contributed by atoms with Crippen LogP contribution in [0.25, 0.3) is 0 Å². The van der Waals surface area contributed by atoms with Crippen molar-refractivity contribution in [2.45, 2.75) is 38.1 Å². The van der Waals surface area contributed by atoms with Crippen molar-refractivity contribution in [3.05, 3.63) is 52.0 Å². The maximum atomic E-state index is 13.2. The second kappa shape index (κ2) is 6.41. The Kier molecular flexibility index (Phi) is 4.62. The minimum atomic E-state index is -3.61. The number of anilines is 1. The molecule has 24 heavy (non-hydrogen) atoms. The first-order chi connectivity index (χ1) is 11.3. The van der Waals surface area contributed by atoms with Crippen molar-refractivity contribution in [1.29, 1.82) is 0 Å². The topological polar surface area (TPSA) is 46.6 Å². The van der Waals surface area contributed by atoms with Gasteiger partial charge in [0.25, 0.3) is 10.0 Å². The number of aryl methyl sites for hydroxylation is 1. The first-order valence-corrected chi connectivity index (χ1v) is 10.1. The lowest BCUT2D eigenvalue weighted by molar-refractivity contribution is 0.337. The number of sulfonamides is 1. The molecule has 0 unspecified atom stereocenters. The summed E-state index contributed by atoms with van der Waals surface area (Å²) in [6.45, 7) is 6.26. The molecule has 0 spiro atoms. The monoisotopic (exact) mass is 409 g/mol. The molecular weight excluding hydrogens is 390 g/mol. The SMILES string of the molecule is CCOc1ccc(S(=O)(=O)N2c3ccc(Br)cc3C[C@@H]2C)cc1C. The fourth-order valence-electron chi connectivity index (χ4n) is 3.15. The molecule has 1 aliphatic rings. The number of halogens is 1. The van der Waals surface area contributed by atoms with Crippen molar-refractivity contribution in [3.63, 3.8) is 0 Å². The maximum absolute atomic E-state index is 13.2. The van der Waals surface area contributed by atoms with Gasteiger partial charge in [0.2, 0.25) is 0 Å². The first kappa shape index (κ1) is 17.3. The third kappa shape index (κ3) is 2.93. The highest BCUT2D eigenvalue weighted by Crippen LogP contribution is 2.38. The Morgan fingerprint density at radius 2 is 2.00 bits per heavy atom. The molecule has 0 fully saturated rings. The van der Waals surface area contributed by atoms with Crippen LogP contribution in [0.15, 0.2) is 45.8 Å². The van der Waals surface area contributed by atoms with E-state index in [1.165, 1.54) is 4.31 Å². The van der Waals surface area contributed by atoms with Crippen molar-refractivity contribution in [2.75, 3.05) is 10.9 Å². The van der Waals surface area contributed by atoms with Gasteiger partial charge in [-0.1, -0.05) is 15.9 Å². The van der Waals surface area contributed by atoms with E-state index >= 15 is 0 Å². The molecule has 0 bridgehead atoms. The highest BCUT2D eigenvalue weighted by molar-refractivity contribution is 9.10. The van der Waals surface area contributed by atoms with Crippen molar-refractivity contribution in [3.8, 4) is 5.75 Å². The van der Waals surface area contributed by atoms with Crippen LogP contribution in [0.5, 0.6) is 5.75 Å². The Morgan fingerprint density at radius 3 is 2.67 bits per heavy atom. The number of hydrogen-bond acceptors (Lipinski definition) is 3. The van der Waals surface area contributed by atoms with E-state index in [1.807, 2.05) is 39.0 Å². The molecule has 1 aliphatic heterocycles. The number of benzene rings is 2. The molecular formula is C18H20BrNO3S. The summed E-state index contributed by atoms with van der Waals surface area (Å²) < 4.78 is 34.4. The van der Waals surface area contributed by atoms with Gasteiger partial charge in [0.15, 0.2) is 0 Å². The molecule has 0 saturated heterocycles. The Hall–Kier alpha value is -1.53. The van der Waals surface area contributed by atoms with Gasteiger partial charge in [0, 0.05) is 10.5 Å². The van der Waals surface area contributed by atoms with Crippen molar-refractivity contribution >= 4 is 31.6 Å². The quantitative estimate of drug-likeness (QED) is 0.755. The average molecular weight is 410 g/mol. The molecule has 128 valence electrons. The minimum absolute atomic E-state index is 0.105. The molecule has 0 aliphatic carbocycles. The molecule has 0 amide bonds. The molecule has 3 rings (SSSR count). The fourth-order valence-corrected chi connectivity index (χ4v) is 5.34. The summed E-state index contributed by atoms with van der Waals surface area (Å²) in [6, 6.07) is 10.7. The molecule has 1 atom stereocenters. The molecule has 6 heteroatoms. The summed E-state index contributed by atoms with van der Waals surface area (Å²) >= 11 is 3.45. The van der Waals surface area contributed by atoms with Crippen LogP contribution in [-0.4, -0.2) is 21.1 Å². The van der Waals surface area contributed by atoms with E-state index in [1.54, 1.807) is 18.2 Å². The van der Waals surface area contributed by atoms with Crippen LogP contribution in [-0.2, 0) is 16.4 Å². The normalized spacial score (nSPS) is 17.0. The van der Waals surface area contributed by atoms with Crippen LogP contribution < -0.4 is 9.04 Å². The third-order valence-electron chi connectivity index (χ3n) is 4.20. The number of fused-ring (bicyclic) bond motifs is 1. The maximum Gasteiger partial charge on any atom is 0.264 e. The number of rotatable bonds is 4. The van der Waals surface area contributed by atoms with Crippen molar-refractivity contribution < 1.29 is 13.2 Å². The van der Waals surface area contributed by atoms with E-state index in [4.69, 9.17) is 4.74 Å². The van der Waals surface area contributed by atoms with E-state index in [9.17, 15) is 8.42 Å². The average Bonchev–Trinajstić information content (AvgIpc) is 2.84. The predicted molar refractivity (Wildman–Crippen MR) is 99.3 cm³/mol. The Balaban J connectivity index is 2.04. The van der Waals surface area contributed by atoms with Crippen molar-refractivity contribution in [1.82, 2.24) is 0 Å². The minimum Gasteiger partial charge on any atom is -0.494 e. The summed E-state index contributed by atoms with van der Waals surface area (Å²) in [6.07, 6.45) is 0.712. The summed E-state index contributed by atoms with van der Waals surface area (Å²) in [5, 5.41) is 0. The van der Waals surface area contributed by atoms with E-state index in [-0.39, 0.29) is 6.04 Å². The Morgan fingerprint density at radius 1 is 1.25 bits per heavy atom. The second-order valence-corrected chi connectivity index (χ2v) is 8.72. The largest absolute Gasteiger partial charge is 0.494 e. The van der Waals surface area contributed by atoms with E-state index in [2.05, 4.69) is 15.9 Å². The lowest BCUT2D eigenvalue weighted by Gasteiger charge is -2.25. The summed E-state index contributed by atoms with van der Waals surface area (Å²) in [4.78, 5) is 0.297. The molecule has 2 aromatic carbocycles. The molecule has 0 radical (unpaired) electrons. The number of ether oxygens (including phenoxy) is 1. The van der Waals surface area contributed by atoms with Crippen LogP contribution in [0.4, 0.5) is 5.69 Å². The molecule has 1 heterocycles. The fraction of sp³-hybridized carbons (Fsp3) is 0.333. The van der Waals surface area contributed by atoms with Crippen LogP contribution in [0.2, 0.25) is 0 Å². The second-order valence-electron chi connectivity index (χ2n) is 5.99. The van der Waals surface area contributed by atoms with Crippen molar-refractivity contribution in [2.24, 2.45) is 0 Å². The third-order valence-corrected chi connectivity index (χ3v) is 6.62. The van der Waals surface area contributed by atoms with Crippen LogP contribution in [0, 0.1) is 6.92 Å². The van der Waals surface area contributed by atoms with Gasteiger partial charge in [-0.15, -0.1) is 0 Å². The van der Waals surface area contributed by atoms with Gasteiger partial charge >= 0.3 is 0 Å². The van der Waals surface area contributed by atoms with E-state index < -0.39 is 10.0 Å². The van der Waals surface area contributed by atoms with Crippen LogP contribution in [0.1, 0.15) is 25.0 Å². The van der Waals surface area contributed by atoms with Crippen LogP contribution >= 0.6 is 15.9 Å². The van der Waals surface area contributed by atoms with Gasteiger partial charge in [0.1, 0.15) is 5.75 Å². The van der Waals surface area contributed by atoms with E-state index in [0.29, 0.717) is 17.9 Å². The van der Waals surface area contributed by atoms with Gasteiger partial charge < -0.3 is 4.74 Å². The smallest absolute Gasteiger partial charge is 0.264 e. The van der Waals surface area contributed by atoms with Gasteiger partial charge in [-0.25, -0.2) is 8.42 Å². The zero-order chi connectivity index (χ0) is 17.5. The zero-order valence-electron chi connectivity index (χ0n) is 13.9. The Bertz CT molecular complexity index is 880. The standard InChI is InChI=1S/C18H20BrNO3S/c1-4-23-18-8-6-16(9-12(18)2)24(21,22)20-13(3)10-14-11-15(19)5-7-17(14)20/h5-9,11,13H,4,10H2,1-3H3/t13-/m0/s1.